The van der Waals surface area contributed by atoms with E-state index in [0.717, 1.165) is 23.7 Å². The highest BCUT2D eigenvalue weighted by atomic mass is 15.1. The Morgan fingerprint density at radius 2 is 2.31 bits per heavy atom. The third-order valence-electron chi connectivity index (χ3n) is 4.45. The summed E-state index contributed by atoms with van der Waals surface area (Å²) in [6.07, 6.45) is 9.67. The molecule has 4 unspecified atom stereocenters. The second kappa shape index (κ2) is 3.88. The Kier molecular flexibility index (Phi) is 2.51. The van der Waals surface area contributed by atoms with E-state index in [9.17, 15) is 0 Å². The molecule has 1 aromatic rings. The summed E-state index contributed by atoms with van der Waals surface area (Å²) in [5.41, 5.74) is 0. The van der Waals surface area contributed by atoms with E-state index in [1.807, 2.05) is 12.4 Å². The second-order valence-electron chi connectivity index (χ2n) is 5.57. The van der Waals surface area contributed by atoms with Crippen molar-refractivity contribution in [1.29, 1.82) is 0 Å². The van der Waals surface area contributed by atoms with Crippen LogP contribution >= 0.6 is 0 Å². The van der Waals surface area contributed by atoms with E-state index in [4.69, 9.17) is 0 Å². The van der Waals surface area contributed by atoms with Gasteiger partial charge in [-0.1, -0.05) is 6.42 Å². The number of aromatic nitrogens is 2. The van der Waals surface area contributed by atoms with Gasteiger partial charge in [-0.05, 0) is 38.0 Å². The smallest absolute Gasteiger partial charge is 0.125 e. The molecule has 0 aromatic carbocycles. The van der Waals surface area contributed by atoms with Crippen molar-refractivity contribution in [3.05, 3.63) is 18.2 Å². The fraction of sp³-hybridized carbons (Fsp3) is 0.769. The maximum Gasteiger partial charge on any atom is 0.125 e. The SMILES string of the molecule is CC(NC1CC2CCC1C2)c1nccn1C. The molecule has 2 bridgehead atoms. The van der Waals surface area contributed by atoms with Crippen LogP contribution in [0.3, 0.4) is 0 Å². The molecule has 0 saturated heterocycles. The van der Waals surface area contributed by atoms with Crippen LogP contribution in [0.25, 0.3) is 0 Å². The lowest BCUT2D eigenvalue weighted by molar-refractivity contribution is 0.320. The number of hydrogen-bond acceptors (Lipinski definition) is 2. The van der Waals surface area contributed by atoms with E-state index in [1.54, 1.807) is 0 Å². The zero-order chi connectivity index (χ0) is 11.1. The third-order valence-corrected chi connectivity index (χ3v) is 4.45. The van der Waals surface area contributed by atoms with Crippen molar-refractivity contribution in [2.24, 2.45) is 18.9 Å². The molecule has 3 heteroatoms. The summed E-state index contributed by atoms with van der Waals surface area (Å²) in [6, 6.07) is 1.12. The predicted octanol–water partition coefficient (Wildman–Crippen LogP) is 2.26. The monoisotopic (exact) mass is 219 g/mol. The van der Waals surface area contributed by atoms with Gasteiger partial charge in [0.05, 0.1) is 6.04 Å². The topological polar surface area (TPSA) is 29.9 Å². The minimum Gasteiger partial charge on any atom is -0.337 e. The van der Waals surface area contributed by atoms with Gasteiger partial charge >= 0.3 is 0 Å². The van der Waals surface area contributed by atoms with Crippen molar-refractivity contribution in [2.75, 3.05) is 0 Å². The summed E-state index contributed by atoms with van der Waals surface area (Å²) in [7, 11) is 2.07. The first-order valence-electron chi connectivity index (χ1n) is 6.47. The number of fused-ring (bicyclic) bond motifs is 2. The minimum absolute atomic E-state index is 0.379. The lowest BCUT2D eigenvalue weighted by Crippen LogP contribution is -2.36. The molecule has 2 fully saturated rings. The van der Waals surface area contributed by atoms with Gasteiger partial charge in [0.1, 0.15) is 5.82 Å². The number of aryl methyl sites for hydroxylation is 1. The highest BCUT2D eigenvalue weighted by Gasteiger charge is 2.39. The van der Waals surface area contributed by atoms with Crippen molar-refractivity contribution >= 4 is 0 Å². The molecule has 3 nitrogen and oxygen atoms in total. The molecule has 0 spiro atoms. The summed E-state index contributed by atoms with van der Waals surface area (Å²) >= 11 is 0. The summed E-state index contributed by atoms with van der Waals surface area (Å²) in [6.45, 7) is 2.23. The average molecular weight is 219 g/mol. The van der Waals surface area contributed by atoms with Crippen LogP contribution in [0.2, 0.25) is 0 Å². The zero-order valence-electron chi connectivity index (χ0n) is 10.2. The molecule has 0 amide bonds. The first-order chi connectivity index (χ1) is 7.74. The Balaban J connectivity index is 1.65. The molecule has 1 heterocycles. The molecule has 2 aliphatic carbocycles. The van der Waals surface area contributed by atoms with Crippen molar-refractivity contribution in [1.82, 2.24) is 14.9 Å². The molecular weight excluding hydrogens is 198 g/mol. The van der Waals surface area contributed by atoms with E-state index in [1.165, 1.54) is 25.7 Å². The third kappa shape index (κ3) is 1.67. The summed E-state index contributed by atoms with van der Waals surface area (Å²) in [5.74, 6) is 3.10. The van der Waals surface area contributed by atoms with E-state index in [-0.39, 0.29) is 0 Å². The molecule has 1 aromatic heterocycles. The van der Waals surface area contributed by atoms with Crippen LogP contribution in [-0.2, 0) is 7.05 Å². The fourth-order valence-corrected chi connectivity index (χ4v) is 3.64. The van der Waals surface area contributed by atoms with Crippen molar-refractivity contribution < 1.29 is 0 Å². The molecule has 4 atom stereocenters. The van der Waals surface area contributed by atoms with Crippen molar-refractivity contribution in [3.63, 3.8) is 0 Å². The fourth-order valence-electron chi connectivity index (χ4n) is 3.64. The Labute approximate surface area is 97.3 Å². The van der Waals surface area contributed by atoms with Gasteiger partial charge in [-0.2, -0.15) is 0 Å². The Morgan fingerprint density at radius 1 is 1.44 bits per heavy atom. The summed E-state index contributed by atoms with van der Waals surface area (Å²) in [4.78, 5) is 4.42. The molecule has 3 rings (SSSR count). The number of imidazole rings is 1. The van der Waals surface area contributed by atoms with Crippen LogP contribution in [0.4, 0.5) is 0 Å². The van der Waals surface area contributed by atoms with Gasteiger partial charge in [0, 0.05) is 25.5 Å². The lowest BCUT2D eigenvalue weighted by atomic mass is 9.95. The van der Waals surface area contributed by atoms with Gasteiger partial charge in [0.2, 0.25) is 0 Å². The summed E-state index contributed by atoms with van der Waals surface area (Å²) < 4.78 is 2.12. The average Bonchev–Trinajstić information content (AvgIpc) is 2.92. The van der Waals surface area contributed by atoms with Gasteiger partial charge in [-0.15, -0.1) is 0 Å². The maximum atomic E-state index is 4.42. The van der Waals surface area contributed by atoms with Crippen LogP contribution in [0.5, 0.6) is 0 Å². The lowest BCUT2D eigenvalue weighted by Gasteiger charge is -2.26. The van der Waals surface area contributed by atoms with E-state index in [2.05, 4.69) is 28.8 Å². The van der Waals surface area contributed by atoms with Crippen LogP contribution in [0, 0.1) is 11.8 Å². The summed E-state index contributed by atoms with van der Waals surface area (Å²) in [5, 5.41) is 3.77. The van der Waals surface area contributed by atoms with Gasteiger partial charge in [0.15, 0.2) is 0 Å². The number of hydrogen-bond donors (Lipinski definition) is 1. The van der Waals surface area contributed by atoms with Gasteiger partial charge < -0.3 is 9.88 Å². The highest BCUT2D eigenvalue weighted by molar-refractivity contribution is 5.01. The molecule has 2 aliphatic rings. The molecule has 0 radical (unpaired) electrons. The number of nitrogens with zero attached hydrogens (tertiary/aromatic N) is 2. The first-order valence-corrected chi connectivity index (χ1v) is 6.47. The Bertz CT molecular complexity index is 371. The van der Waals surface area contributed by atoms with E-state index >= 15 is 0 Å². The standard InChI is InChI=1S/C13H21N3/c1-9(13-14-5-6-16(13)2)15-12-8-10-3-4-11(12)7-10/h5-6,9-12,15H,3-4,7-8H2,1-2H3. The predicted molar refractivity (Wildman–Crippen MR) is 64.0 cm³/mol. The van der Waals surface area contributed by atoms with E-state index < -0.39 is 0 Å². The van der Waals surface area contributed by atoms with Crippen LogP contribution in [-0.4, -0.2) is 15.6 Å². The molecule has 2 saturated carbocycles. The molecule has 0 aliphatic heterocycles. The number of nitrogens with one attached hydrogen (secondary N) is 1. The largest absolute Gasteiger partial charge is 0.337 e. The van der Waals surface area contributed by atoms with Gasteiger partial charge in [-0.3, -0.25) is 0 Å². The molecule has 16 heavy (non-hydrogen) atoms. The molecular formula is C13H21N3. The van der Waals surface area contributed by atoms with Crippen molar-refractivity contribution in [2.45, 2.75) is 44.7 Å². The van der Waals surface area contributed by atoms with Gasteiger partial charge in [0.25, 0.3) is 0 Å². The van der Waals surface area contributed by atoms with Crippen molar-refractivity contribution in [3.8, 4) is 0 Å². The second-order valence-corrected chi connectivity index (χ2v) is 5.57. The first kappa shape index (κ1) is 10.3. The molecule has 1 N–H and O–H groups in total. The maximum absolute atomic E-state index is 4.42. The van der Waals surface area contributed by atoms with Crippen LogP contribution in [0.15, 0.2) is 12.4 Å². The Morgan fingerprint density at radius 3 is 2.88 bits per heavy atom. The minimum atomic E-state index is 0.379. The number of rotatable bonds is 3. The Hall–Kier alpha value is -0.830. The normalized spacial score (nSPS) is 34.5. The van der Waals surface area contributed by atoms with E-state index in [0.29, 0.717) is 6.04 Å². The quantitative estimate of drug-likeness (QED) is 0.845. The van der Waals surface area contributed by atoms with Crippen LogP contribution in [0.1, 0.15) is 44.5 Å². The highest BCUT2D eigenvalue weighted by Crippen LogP contribution is 2.44. The van der Waals surface area contributed by atoms with Gasteiger partial charge in [-0.25, -0.2) is 4.98 Å². The zero-order valence-corrected chi connectivity index (χ0v) is 10.2. The molecule has 88 valence electrons. The van der Waals surface area contributed by atoms with Crippen LogP contribution < -0.4 is 5.32 Å².